The van der Waals surface area contributed by atoms with E-state index in [-0.39, 0.29) is 49.1 Å². The number of imidazole rings is 1. The van der Waals surface area contributed by atoms with E-state index in [0.717, 1.165) is 10.1 Å². The Bertz CT molecular complexity index is 1320. The predicted molar refractivity (Wildman–Crippen MR) is 113 cm³/mol. The molecule has 31 heavy (non-hydrogen) atoms. The summed E-state index contributed by atoms with van der Waals surface area (Å²) in [5, 5.41) is 9.14. The molecule has 1 N–H and O–H groups in total. The lowest BCUT2D eigenvalue weighted by Gasteiger charge is -2.11. The van der Waals surface area contributed by atoms with Crippen molar-refractivity contribution < 1.29 is 14.2 Å². The normalized spacial score (nSPS) is 11.2. The molecule has 4 rings (SSSR count). The van der Waals surface area contributed by atoms with Gasteiger partial charge in [-0.05, 0) is 36.2 Å². The summed E-state index contributed by atoms with van der Waals surface area (Å²) in [5.74, 6) is 0.150. The van der Waals surface area contributed by atoms with E-state index in [9.17, 15) is 14.0 Å². The molecule has 0 atom stereocenters. The second-order valence-electron chi connectivity index (χ2n) is 7.07. The Morgan fingerprint density at radius 3 is 2.42 bits per heavy atom. The Kier molecular flexibility index (Phi) is 5.68. The molecule has 0 fully saturated rings. The molecule has 2 heterocycles. The van der Waals surface area contributed by atoms with Gasteiger partial charge in [0.25, 0.3) is 5.56 Å². The van der Waals surface area contributed by atoms with Gasteiger partial charge < -0.3 is 9.84 Å². The average Bonchev–Trinajstić information content (AvgIpc) is 3.12. The number of hydrogen-bond acceptors (Lipinski definition) is 5. The van der Waals surface area contributed by atoms with Crippen LogP contribution >= 0.6 is 0 Å². The zero-order valence-electron chi connectivity index (χ0n) is 16.9. The first-order valence-corrected chi connectivity index (χ1v) is 9.78. The van der Waals surface area contributed by atoms with Crippen LogP contribution in [0, 0.1) is 5.82 Å². The highest BCUT2D eigenvalue weighted by molar-refractivity contribution is 5.72. The molecule has 2 aromatic carbocycles. The smallest absolute Gasteiger partial charge is 0.332 e. The van der Waals surface area contributed by atoms with Gasteiger partial charge in [-0.3, -0.25) is 18.5 Å². The van der Waals surface area contributed by atoms with E-state index in [0.29, 0.717) is 5.75 Å². The minimum Gasteiger partial charge on any atom is -0.425 e. The van der Waals surface area contributed by atoms with Crippen molar-refractivity contribution in [2.24, 2.45) is 7.05 Å². The molecule has 0 saturated carbocycles. The lowest BCUT2D eigenvalue weighted by molar-refractivity contribution is 0.277. The van der Waals surface area contributed by atoms with E-state index in [4.69, 9.17) is 9.84 Å². The highest BCUT2D eigenvalue weighted by Crippen LogP contribution is 2.25. The Balaban J connectivity index is 1.93. The van der Waals surface area contributed by atoms with Crippen LogP contribution in [0.2, 0.25) is 0 Å². The summed E-state index contributed by atoms with van der Waals surface area (Å²) in [6, 6.07) is 15.0. The lowest BCUT2D eigenvalue weighted by atomic mass is 10.2. The molecule has 9 heteroatoms. The average molecular weight is 424 g/mol. The van der Waals surface area contributed by atoms with E-state index >= 15 is 0 Å². The van der Waals surface area contributed by atoms with E-state index in [1.54, 1.807) is 41.0 Å². The molecule has 0 radical (unpaired) electrons. The van der Waals surface area contributed by atoms with E-state index in [1.807, 2.05) is 6.07 Å². The monoisotopic (exact) mass is 424 g/mol. The minimum absolute atomic E-state index is 0.0779. The van der Waals surface area contributed by atoms with Crippen LogP contribution in [0.5, 0.6) is 11.8 Å². The van der Waals surface area contributed by atoms with Crippen LogP contribution < -0.4 is 16.0 Å². The molecule has 0 unspecified atom stereocenters. The van der Waals surface area contributed by atoms with Crippen molar-refractivity contribution in [2.75, 3.05) is 6.61 Å². The van der Waals surface area contributed by atoms with Crippen molar-refractivity contribution in [1.29, 1.82) is 0 Å². The number of rotatable bonds is 7. The predicted octanol–water partition coefficient (Wildman–Crippen LogP) is 2.26. The second kappa shape index (κ2) is 8.57. The first-order chi connectivity index (χ1) is 15.0. The standard InChI is InChI=1S/C22H21FN4O4/c1-25-19-18(20(29)26(22(25)30)12-5-13-28)27(14-15-8-10-16(23)11-9-15)21(24-19)31-17-6-3-2-4-7-17/h2-4,6-11,28H,5,12-14H2,1H3. The molecule has 0 spiro atoms. The number of aliphatic hydroxyl groups excluding tert-OH is 1. The maximum Gasteiger partial charge on any atom is 0.332 e. The van der Waals surface area contributed by atoms with Gasteiger partial charge in [-0.25, -0.2) is 9.18 Å². The van der Waals surface area contributed by atoms with Gasteiger partial charge in [0.15, 0.2) is 11.2 Å². The zero-order valence-corrected chi connectivity index (χ0v) is 16.9. The SMILES string of the molecule is Cn1c(=O)n(CCCO)c(=O)c2c1nc(Oc1ccccc1)n2Cc1ccc(F)cc1. The van der Waals surface area contributed by atoms with Crippen molar-refractivity contribution in [3.8, 4) is 11.8 Å². The van der Waals surface area contributed by atoms with Gasteiger partial charge in [-0.1, -0.05) is 30.3 Å². The number of halogens is 1. The summed E-state index contributed by atoms with van der Waals surface area (Å²) in [6.45, 7) is 0.117. The molecular weight excluding hydrogens is 403 g/mol. The molecule has 0 aliphatic heterocycles. The number of hydrogen-bond donors (Lipinski definition) is 1. The van der Waals surface area contributed by atoms with Crippen LogP contribution in [0.3, 0.4) is 0 Å². The molecule has 0 amide bonds. The Morgan fingerprint density at radius 1 is 1.03 bits per heavy atom. The van der Waals surface area contributed by atoms with Crippen LogP contribution in [0.1, 0.15) is 12.0 Å². The Hall–Kier alpha value is -3.72. The van der Waals surface area contributed by atoms with Crippen molar-refractivity contribution in [2.45, 2.75) is 19.5 Å². The van der Waals surface area contributed by atoms with Crippen molar-refractivity contribution in [3.05, 3.63) is 86.8 Å². The van der Waals surface area contributed by atoms with Gasteiger partial charge in [-0.2, -0.15) is 4.98 Å². The topological polar surface area (TPSA) is 91.3 Å². The summed E-state index contributed by atoms with van der Waals surface area (Å²) < 4.78 is 23.2. The number of aryl methyl sites for hydroxylation is 1. The molecular formula is C22H21FN4O4. The van der Waals surface area contributed by atoms with Gasteiger partial charge in [0.05, 0.1) is 6.54 Å². The van der Waals surface area contributed by atoms with Crippen LogP contribution in [-0.2, 0) is 20.1 Å². The number of ether oxygens (including phenoxy) is 1. The minimum atomic E-state index is -0.524. The molecule has 8 nitrogen and oxygen atoms in total. The summed E-state index contributed by atoms with van der Waals surface area (Å²) in [4.78, 5) is 30.4. The van der Waals surface area contributed by atoms with Gasteiger partial charge in [0.1, 0.15) is 11.6 Å². The first-order valence-electron chi connectivity index (χ1n) is 9.78. The molecule has 0 bridgehead atoms. The van der Waals surface area contributed by atoms with E-state index < -0.39 is 11.2 Å². The number of fused-ring (bicyclic) bond motifs is 1. The maximum atomic E-state index is 13.4. The molecule has 0 saturated heterocycles. The molecule has 2 aromatic heterocycles. The molecule has 0 aliphatic carbocycles. The summed E-state index contributed by atoms with van der Waals surface area (Å²) in [7, 11) is 1.53. The Labute approximate surface area is 176 Å². The van der Waals surface area contributed by atoms with Gasteiger partial charge in [-0.15, -0.1) is 0 Å². The number of benzene rings is 2. The van der Waals surface area contributed by atoms with Gasteiger partial charge >= 0.3 is 11.7 Å². The molecule has 0 aliphatic rings. The fourth-order valence-electron chi connectivity index (χ4n) is 3.37. The van der Waals surface area contributed by atoms with Crippen molar-refractivity contribution in [3.63, 3.8) is 0 Å². The summed E-state index contributed by atoms with van der Waals surface area (Å²) >= 11 is 0. The third-order valence-electron chi connectivity index (χ3n) is 4.94. The van der Waals surface area contributed by atoms with E-state index in [2.05, 4.69) is 4.98 Å². The van der Waals surface area contributed by atoms with Crippen molar-refractivity contribution in [1.82, 2.24) is 18.7 Å². The fraction of sp³-hybridized carbons (Fsp3) is 0.227. The van der Waals surface area contributed by atoms with Crippen LogP contribution in [-0.4, -0.2) is 30.4 Å². The van der Waals surface area contributed by atoms with E-state index in [1.165, 1.54) is 23.7 Å². The third-order valence-corrected chi connectivity index (χ3v) is 4.94. The van der Waals surface area contributed by atoms with Gasteiger partial charge in [0.2, 0.25) is 0 Å². The summed E-state index contributed by atoms with van der Waals surface area (Å²) in [5.41, 5.74) is 0.0556. The fourth-order valence-corrected chi connectivity index (χ4v) is 3.37. The molecule has 4 aromatic rings. The quantitative estimate of drug-likeness (QED) is 0.491. The maximum absolute atomic E-state index is 13.4. The van der Waals surface area contributed by atoms with Gasteiger partial charge in [0, 0.05) is 20.2 Å². The third kappa shape index (κ3) is 3.99. The van der Waals surface area contributed by atoms with Crippen molar-refractivity contribution >= 4 is 11.2 Å². The number of nitrogens with zero attached hydrogens (tertiary/aromatic N) is 4. The summed E-state index contributed by atoms with van der Waals surface area (Å²) in [6.07, 6.45) is 0.264. The second-order valence-corrected chi connectivity index (χ2v) is 7.07. The van der Waals surface area contributed by atoms with Crippen LogP contribution in [0.4, 0.5) is 4.39 Å². The zero-order chi connectivity index (χ0) is 22.0. The largest absolute Gasteiger partial charge is 0.425 e. The number of para-hydroxylation sites is 1. The number of aliphatic hydroxyl groups is 1. The van der Waals surface area contributed by atoms with Crippen LogP contribution in [0.25, 0.3) is 11.2 Å². The molecule has 160 valence electrons. The van der Waals surface area contributed by atoms with Crippen LogP contribution in [0.15, 0.2) is 64.2 Å². The number of aromatic nitrogens is 4. The lowest BCUT2D eigenvalue weighted by Crippen LogP contribution is -2.39. The highest BCUT2D eigenvalue weighted by Gasteiger charge is 2.22. The first kappa shape index (κ1) is 20.5. The highest BCUT2D eigenvalue weighted by atomic mass is 19.1. The Morgan fingerprint density at radius 2 is 1.74 bits per heavy atom.